The number of hydrogen-bond acceptors (Lipinski definition) is 3. The smallest absolute Gasteiger partial charge is 0.340 e. The van der Waals surface area contributed by atoms with Gasteiger partial charge in [-0.3, -0.25) is 4.79 Å². The first-order valence-electron chi connectivity index (χ1n) is 11.2. The number of halogens is 2. The molecule has 2 aromatic rings. The van der Waals surface area contributed by atoms with E-state index in [1.54, 1.807) is 12.1 Å². The van der Waals surface area contributed by atoms with Crippen molar-refractivity contribution in [1.82, 2.24) is 9.47 Å². The second-order valence-electron chi connectivity index (χ2n) is 8.73. The number of hydrogen-bond donors (Lipinski definition) is 0. The molecular weight excluding hydrogens is 459 g/mol. The van der Waals surface area contributed by atoms with Crippen LogP contribution in [0.25, 0.3) is 11.8 Å². The molecule has 4 rings (SSSR count). The summed E-state index contributed by atoms with van der Waals surface area (Å²) in [5.74, 6) is -0.617. The number of rotatable bonds is 4. The van der Waals surface area contributed by atoms with Crippen LogP contribution in [0.1, 0.15) is 56.0 Å². The normalized spacial score (nSPS) is 18.5. The van der Waals surface area contributed by atoms with Gasteiger partial charge < -0.3 is 14.2 Å². The molecule has 0 spiro atoms. The van der Waals surface area contributed by atoms with Crippen molar-refractivity contribution >= 4 is 41.2 Å². The molecule has 1 aliphatic heterocycles. The van der Waals surface area contributed by atoms with Crippen LogP contribution >= 0.6 is 23.2 Å². The van der Waals surface area contributed by atoms with Crippen molar-refractivity contribution in [2.75, 3.05) is 7.11 Å². The largest absolute Gasteiger partial charge is 0.465 e. The van der Waals surface area contributed by atoms with Crippen LogP contribution in [0.3, 0.4) is 0 Å². The van der Waals surface area contributed by atoms with Crippen LogP contribution in [0.15, 0.2) is 41.1 Å². The molecule has 2 heterocycles. The summed E-state index contributed by atoms with van der Waals surface area (Å²) in [7, 11) is 1.35. The monoisotopic (exact) mass is 486 g/mol. The Balaban J connectivity index is 1.80. The highest BCUT2D eigenvalue weighted by Gasteiger charge is 2.40. The van der Waals surface area contributed by atoms with Crippen LogP contribution in [0.5, 0.6) is 0 Å². The Bertz CT molecular complexity index is 1190. The molecule has 1 amide bonds. The molecule has 0 atom stereocenters. The van der Waals surface area contributed by atoms with E-state index >= 15 is 0 Å². The molecule has 0 saturated heterocycles. The predicted octanol–water partition coefficient (Wildman–Crippen LogP) is 6.41. The number of esters is 1. The summed E-state index contributed by atoms with van der Waals surface area (Å²) >= 11 is 12.5. The van der Waals surface area contributed by atoms with Crippen molar-refractivity contribution in [3.8, 4) is 5.69 Å². The van der Waals surface area contributed by atoms with Crippen LogP contribution in [-0.4, -0.2) is 34.5 Å². The zero-order valence-electron chi connectivity index (χ0n) is 19.4. The number of aryl methyl sites for hydroxylation is 1. The summed E-state index contributed by atoms with van der Waals surface area (Å²) in [6.45, 7) is 5.79. The van der Waals surface area contributed by atoms with Crippen molar-refractivity contribution in [2.24, 2.45) is 0 Å². The van der Waals surface area contributed by atoms with Crippen LogP contribution in [0.4, 0.5) is 0 Å². The topological polar surface area (TPSA) is 51.5 Å². The maximum Gasteiger partial charge on any atom is 0.340 e. The Kier molecular flexibility index (Phi) is 6.73. The highest BCUT2D eigenvalue weighted by Crippen LogP contribution is 2.38. The summed E-state index contributed by atoms with van der Waals surface area (Å²) < 4.78 is 7.09. The summed E-state index contributed by atoms with van der Waals surface area (Å²) in [6.07, 6.45) is 7.09. The molecule has 0 radical (unpaired) electrons. The summed E-state index contributed by atoms with van der Waals surface area (Å²) in [4.78, 5) is 28.1. The minimum atomic E-state index is -0.486. The molecule has 5 nitrogen and oxygen atoms in total. The van der Waals surface area contributed by atoms with Gasteiger partial charge in [0.25, 0.3) is 5.91 Å². The lowest BCUT2D eigenvalue weighted by Crippen LogP contribution is -2.37. The number of carbonyl (C=O) groups is 2. The van der Waals surface area contributed by atoms with Crippen LogP contribution < -0.4 is 0 Å². The van der Waals surface area contributed by atoms with E-state index in [-0.39, 0.29) is 11.9 Å². The number of ether oxygens (including phenoxy) is 1. The van der Waals surface area contributed by atoms with E-state index < -0.39 is 5.97 Å². The van der Waals surface area contributed by atoms with Gasteiger partial charge in [-0.1, -0.05) is 42.5 Å². The predicted molar refractivity (Wildman–Crippen MR) is 132 cm³/mol. The number of aromatic nitrogens is 1. The van der Waals surface area contributed by atoms with E-state index in [0.717, 1.165) is 48.3 Å². The molecule has 33 heavy (non-hydrogen) atoms. The lowest BCUT2D eigenvalue weighted by Gasteiger charge is -2.32. The molecule has 174 valence electrons. The van der Waals surface area contributed by atoms with Gasteiger partial charge in [0, 0.05) is 28.1 Å². The highest BCUT2D eigenvalue weighted by molar-refractivity contribution is 6.35. The quantitative estimate of drug-likeness (QED) is 0.370. The van der Waals surface area contributed by atoms with E-state index in [0.29, 0.717) is 26.9 Å². The maximum absolute atomic E-state index is 13.6. The second kappa shape index (κ2) is 9.40. The minimum Gasteiger partial charge on any atom is -0.465 e. The van der Waals surface area contributed by atoms with Crippen molar-refractivity contribution in [3.05, 3.63) is 68.1 Å². The first-order chi connectivity index (χ1) is 15.7. The molecule has 0 unspecified atom stereocenters. The third-order valence-electron chi connectivity index (χ3n) is 6.69. The lowest BCUT2D eigenvalue weighted by atomic mass is 9.94. The molecule has 0 bridgehead atoms. The zero-order chi connectivity index (χ0) is 23.9. The van der Waals surface area contributed by atoms with Crippen LogP contribution in [0.2, 0.25) is 10.0 Å². The summed E-state index contributed by atoms with van der Waals surface area (Å²) in [5, 5.41) is 1.10. The fraction of sp³-hybridized carbons (Fsp3) is 0.385. The molecule has 1 aromatic carbocycles. The van der Waals surface area contributed by atoms with Crippen LogP contribution in [0, 0.1) is 13.8 Å². The SMILES string of the molecule is COC(=O)C1=C(C)N(C2CCCCC2)C(=O)/C1=C\c1cc(C)n(-c2ccc(Cl)cc2Cl)c1C. The molecular formula is C26H28Cl2N2O3. The number of methoxy groups -OCH3 is 1. The van der Waals surface area contributed by atoms with Crippen molar-refractivity contribution in [2.45, 2.75) is 58.9 Å². The number of benzene rings is 1. The number of nitrogens with zero attached hydrogens (tertiary/aromatic N) is 2. The Labute approximate surface area is 204 Å². The first-order valence-corrected chi connectivity index (χ1v) is 12.0. The van der Waals surface area contributed by atoms with Gasteiger partial charge in [0.05, 0.1) is 29.0 Å². The van der Waals surface area contributed by atoms with E-state index in [9.17, 15) is 9.59 Å². The first kappa shape index (κ1) is 23.7. The van der Waals surface area contributed by atoms with Gasteiger partial charge in [0.2, 0.25) is 0 Å². The average Bonchev–Trinajstić information content (AvgIpc) is 3.20. The van der Waals surface area contributed by atoms with Crippen molar-refractivity contribution in [3.63, 3.8) is 0 Å². The standard InChI is InChI=1S/C26H28Cl2N2O3/c1-15-12-18(16(2)29(15)23-11-10-19(27)14-22(23)28)13-21-24(26(32)33-4)17(3)30(25(21)31)20-8-6-5-7-9-20/h10-14,20H,5-9H2,1-4H3/b21-13-. The molecule has 1 saturated carbocycles. The molecule has 1 aliphatic carbocycles. The van der Waals surface area contributed by atoms with E-state index in [2.05, 4.69) is 0 Å². The van der Waals surface area contributed by atoms with E-state index in [4.69, 9.17) is 27.9 Å². The molecule has 1 aromatic heterocycles. The minimum absolute atomic E-state index is 0.122. The van der Waals surface area contributed by atoms with E-state index in [1.807, 2.05) is 48.4 Å². The fourth-order valence-corrected chi connectivity index (χ4v) is 5.59. The van der Waals surface area contributed by atoms with Gasteiger partial charge in [-0.2, -0.15) is 0 Å². The lowest BCUT2D eigenvalue weighted by molar-refractivity contribution is -0.136. The summed E-state index contributed by atoms with van der Waals surface area (Å²) in [6, 6.07) is 7.49. The fourth-order valence-electron chi connectivity index (χ4n) is 5.10. The van der Waals surface area contributed by atoms with E-state index in [1.165, 1.54) is 13.5 Å². The van der Waals surface area contributed by atoms with Crippen molar-refractivity contribution in [1.29, 1.82) is 0 Å². The zero-order valence-corrected chi connectivity index (χ0v) is 20.9. The third-order valence-corrected chi connectivity index (χ3v) is 7.23. The molecule has 1 fully saturated rings. The van der Waals surface area contributed by atoms with Gasteiger partial charge >= 0.3 is 5.97 Å². The Morgan fingerprint density at radius 1 is 1.09 bits per heavy atom. The second-order valence-corrected chi connectivity index (χ2v) is 9.58. The Hall–Kier alpha value is -2.50. The van der Waals surface area contributed by atoms with Gasteiger partial charge in [-0.25, -0.2) is 4.79 Å². The number of amides is 1. The average molecular weight is 487 g/mol. The van der Waals surface area contributed by atoms with Crippen LogP contribution in [-0.2, 0) is 14.3 Å². The maximum atomic E-state index is 13.6. The Morgan fingerprint density at radius 3 is 2.42 bits per heavy atom. The van der Waals surface area contributed by atoms with Gasteiger partial charge in [-0.15, -0.1) is 0 Å². The van der Waals surface area contributed by atoms with Gasteiger partial charge in [-0.05, 0) is 69.5 Å². The number of allylic oxidation sites excluding steroid dienone is 1. The number of carbonyl (C=O) groups excluding carboxylic acids is 2. The molecule has 0 N–H and O–H groups in total. The van der Waals surface area contributed by atoms with Gasteiger partial charge in [0.1, 0.15) is 0 Å². The molecule has 2 aliphatic rings. The molecule has 7 heteroatoms. The highest BCUT2D eigenvalue weighted by atomic mass is 35.5. The van der Waals surface area contributed by atoms with Crippen molar-refractivity contribution < 1.29 is 14.3 Å². The van der Waals surface area contributed by atoms with Gasteiger partial charge in [0.15, 0.2) is 0 Å². The Morgan fingerprint density at radius 2 is 1.79 bits per heavy atom. The third kappa shape index (κ3) is 4.24. The summed E-state index contributed by atoms with van der Waals surface area (Å²) in [5.41, 5.74) is 4.94.